The Morgan fingerprint density at radius 3 is 2.95 bits per heavy atom. The monoisotopic (exact) mass is 264 g/mol. The molecule has 1 heterocycles. The van der Waals surface area contributed by atoms with Gasteiger partial charge in [0, 0.05) is 25.7 Å². The fourth-order valence-electron chi connectivity index (χ4n) is 2.53. The van der Waals surface area contributed by atoms with Gasteiger partial charge in [-0.15, -0.1) is 0 Å². The summed E-state index contributed by atoms with van der Waals surface area (Å²) in [5, 5.41) is 13.7. The number of para-hydroxylation sites is 2. The largest absolute Gasteiger partial charge is 0.492 e. The van der Waals surface area contributed by atoms with Gasteiger partial charge in [0.2, 0.25) is 0 Å². The van der Waals surface area contributed by atoms with Crippen molar-refractivity contribution in [3.63, 3.8) is 0 Å². The van der Waals surface area contributed by atoms with Crippen LogP contribution in [0.1, 0.15) is 20.8 Å². The minimum atomic E-state index is -0.732. The van der Waals surface area contributed by atoms with Crippen LogP contribution in [0.4, 0.5) is 5.69 Å². The highest BCUT2D eigenvalue weighted by molar-refractivity contribution is 5.59. The van der Waals surface area contributed by atoms with Gasteiger partial charge in [-0.05, 0) is 32.9 Å². The molecule has 1 saturated heterocycles. The lowest BCUT2D eigenvalue weighted by molar-refractivity contribution is 0.0725. The van der Waals surface area contributed by atoms with Crippen LogP contribution in [0.5, 0.6) is 5.75 Å². The Bertz CT molecular complexity index is 420. The summed E-state index contributed by atoms with van der Waals surface area (Å²) in [6, 6.07) is 8.35. The van der Waals surface area contributed by atoms with Crippen LogP contribution >= 0.6 is 0 Å². The first-order chi connectivity index (χ1) is 9.03. The van der Waals surface area contributed by atoms with Gasteiger partial charge in [0.1, 0.15) is 5.75 Å². The summed E-state index contributed by atoms with van der Waals surface area (Å²) >= 11 is 0. The van der Waals surface area contributed by atoms with Crippen LogP contribution in [0.15, 0.2) is 24.3 Å². The summed E-state index contributed by atoms with van der Waals surface area (Å²) in [5.74, 6) is 0.884. The molecule has 1 aliphatic heterocycles. The summed E-state index contributed by atoms with van der Waals surface area (Å²) in [4.78, 5) is 2.23. The van der Waals surface area contributed by atoms with E-state index >= 15 is 0 Å². The summed E-state index contributed by atoms with van der Waals surface area (Å²) in [7, 11) is 0. The van der Waals surface area contributed by atoms with Crippen molar-refractivity contribution >= 4 is 5.69 Å². The van der Waals surface area contributed by atoms with Gasteiger partial charge in [-0.3, -0.25) is 0 Å². The van der Waals surface area contributed by atoms with Gasteiger partial charge in [0.15, 0.2) is 0 Å². The average molecular weight is 264 g/mol. The van der Waals surface area contributed by atoms with E-state index in [2.05, 4.69) is 23.2 Å². The van der Waals surface area contributed by atoms with Crippen molar-refractivity contribution in [3.05, 3.63) is 24.3 Å². The number of anilines is 1. The second-order valence-corrected chi connectivity index (χ2v) is 5.51. The van der Waals surface area contributed by atoms with Crippen LogP contribution in [-0.4, -0.2) is 43.0 Å². The summed E-state index contributed by atoms with van der Waals surface area (Å²) in [5.41, 5.74) is 0.324. The van der Waals surface area contributed by atoms with Gasteiger partial charge in [0.25, 0.3) is 0 Å². The number of hydrogen-bond donors (Lipinski definition) is 2. The molecule has 4 heteroatoms. The van der Waals surface area contributed by atoms with E-state index < -0.39 is 5.60 Å². The maximum Gasteiger partial charge on any atom is 0.142 e. The molecule has 0 spiro atoms. The molecule has 19 heavy (non-hydrogen) atoms. The standard InChI is InChI=1S/C15H24N2O2/c1-4-19-14-8-6-5-7-13(14)17-11-15(3,18)10-16-9-12(17)2/h5-8,12,16,18H,4,9-11H2,1-3H3. The molecule has 1 fully saturated rings. The molecule has 1 aromatic carbocycles. The molecule has 4 nitrogen and oxygen atoms in total. The van der Waals surface area contributed by atoms with Gasteiger partial charge in [-0.2, -0.15) is 0 Å². The van der Waals surface area contributed by atoms with E-state index in [0.717, 1.165) is 18.0 Å². The third-order valence-electron chi connectivity index (χ3n) is 3.46. The molecule has 2 unspecified atom stereocenters. The van der Waals surface area contributed by atoms with Gasteiger partial charge >= 0.3 is 0 Å². The van der Waals surface area contributed by atoms with Crippen molar-refractivity contribution in [1.29, 1.82) is 0 Å². The molecule has 106 valence electrons. The van der Waals surface area contributed by atoms with E-state index in [-0.39, 0.29) is 0 Å². The maximum atomic E-state index is 10.4. The molecule has 0 aromatic heterocycles. The third kappa shape index (κ3) is 3.39. The van der Waals surface area contributed by atoms with E-state index in [1.54, 1.807) is 0 Å². The number of β-amino-alcohol motifs (C(OH)–C–C–N with tert-alkyl or cyclic N) is 1. The predicted molar refractivity (Wildman–Crippen MR) is 77.9 cm³/mol. The topological polar surface area (TPSA) is 44.7 Å². The van der Waals surface area contributed by atoms with Crippen molar-refractivity contribution in [2.75, 3.05) is 31.1 Å². The predicted octanol–water partition coefficient (Wildman–Crippen LogP) is 1.63. The molecule has 0 radical (unpaired) electrons. The number of aliphatic hydroxyl groups is 1. The van der Waals surface area contributed by atoms with Crippen molar-refractivity contribution in [1.82, 2.24) is 5.32 Å². The zero-order chi connectivity index (χ0) is 13.9. The zero-order valence-electron chi connectivity index (χ0n) is 12.0. The average Bonchev–Trinajstić information content (AvgIpc) is 2.49. The first-order valence-corrected chi connectivity index (χ1v) is 6.95. The van der Waals surface area contributed by atoms with Crippen LogP contribution in [0.2, 0.25) is 0 Å². The summed E-state index contributed by atoms with van der Waals surface area (Å²) in [6.07, 6.45) is 0. The number of ether oxygens (including phenoxy) is 1. The molecular weight excluding hydrogens is 240 g/mol. The lowest BCUT2D eigenvalue weighted by Crippen LogP contribution is -2.45. The number of hydrogen-bond acceptors (Lipinski definition) is 4. The Morgan fingerprint density at radius 1 is 1.47 bits per heavy atom. The second-order valence-electron chi connectivity index (χ2n) is 5.51. The third-order valence-corrected chi connectivity index (χ3v) is 3.46. The molecule has 0 aliphatic carbocycles. The van der Waals surface area contributed by atoms with Crippen LogP contribution < -0.4 is 15.0 Å². The van der Waals surface area contributed by atoms with E-state index in [0.29, 0.717) is 25.7 Å². The zero-order valence-corrected chi connectivity index (χ0v) is 12.0. The number of benzene rings is 1. The van der Waals surface area contributed by atoms with Gasteiger partial charge < -0.3 is 20.1 Å². The first-order valence-electron chi connectivity index (χ1n) is 6.95. The van der Waals surface area contributed by atoms with Gasteiger partial charge in [-0.25, -0.2) is 0 Å². The first kappa shape index (κ1) is 14.2. The van der Waals surface area contributed by atoms with Crippen molar-refractivity contribution in [2.45, 2.75) is 32.4 Å². The quantitative estimate of drug-likeness (QED) is 0.871. The lowest BCUT2D eigenvalue weighted by Gasteiger charge is -2.34. The van der Waals surface area contributed by atoms with E-state index in [1.807, 2.05) is 32.0 Å². The van der Waals surface area contributed by atoms with Crippen LogP contribution in [0.3, 0.4) is 0 Å². The van der Waals surface area contributed by atoms with Crippen LogP contribution in [0.25, 0.3) is 0 Å². The normalized spacial score (nSPS) is 28.0. The number of nitrogens with one attached hydrogen (secondary N) is 1. The fourth-order valence-corrected chi connectivity index (χ4v) is 2.53. The fraction of sp³-hybridized carbons (Fsp3) is 0.600. The smallest absolute Gasteiger partial charge is 0.142 e. The Kier molecular flexibility index (Phi) is 4.32. The molecule has 2 atom stereocenters. The highest BCUT2D eigenvalue weighted by Gasteiger charge is 2.31. The van der Waals surface area contributed by atoms with E-state index in [4.69, 9.17) is 4.74 Å². The van der Waals surface area contributed by atoms with Crippen molar-refractivity contribution in [2.24, 2.45) is 0 Å². The molecule has 0 amide bonds. The van der Waals surface area contributed by atoms with Gasteiger partial charge in [0.05, 0.1) is 17.9 Å². The molecule has 2 rings (SSSR count). The van der Waals surface area contributed by atoms with Crippen molar-refractivity contribution in [3.8, 4) is 5.75 Å². The summed E-state index contributed by atoms with van der Waals surface area (Å²) < 4.78 is 5.70. The minimum absolute atomic E-state index is 0.315. The Labute approximate surface area is 115 Å². The van der Waals surface area contributed by atoms with Crippen molar-refractivity contribution < 1.29 is 9.84 Å². The minimum Gasteiger partial charge on any atom is -0.492 e. The Balaban J connectivity index is 2.32. The molecule has 0 saturated carbocycles. The maximum absolute atomic E-state index is 10.4. The number of rotatable bonds is 3. The highest BCUT2D eigenvalue weighted by atomic mass is 16.5. The highest BCUT2D eigenvalue weighted by Crippen LogP contribution is 2.31. The molecule has 0 bridgehead atoms. The van der Waals surface area contributed by atoms with Gasteiger partial charge in [-0.1, -0.05) is 12.1 Å². The second kappa shape index (κ2) is 5.80. The Morgan fingerprint density at radius 2 is 2.21 bits per heavy atom. The molecule has 1 aromatic rings. The van der Waals surface area contributed by atoms with E-state index in [9.17, 15) is 5.11 Å². The Hall–Kier alpha value is -1.26. The number of nitrogens with zero attached hydrogens (tertiary/aromatic N) is 1. The SMILES string of the molecule is CCOc1ccccc1N1CC(C)(O)CNCC1C. The van der Waals surface area contributed by atoms with Crippen LogP contribution in [0, 0.1) is 0 Å². The van der Waals surface area contributed by atoms with Crippen LogP contribution in [-0.2, 0) is 0 Å². The molecule has 2 N–H and O–H groups in total. The summed E-state index contributed by atoms with van der Waals surface area (Å²) in [6.45, 7) is 8.74. The van der Waals surface area contributed by atoms with E-state index in [1.165, 1.54) is 0 Å². The lowest BCUT2D eigenvalue weighted by atomic mass is 10.1. The molecular formula is C15H24N2O2. The molecule has 1 aliphatic rings.